The third kappa shape index (κ3) is 5.26. The van der Waals surface area contributed by atoms with Crippen molar-refractivity contribution in [2.75, 3.05) is 38.1 Å². The minimum Gasteiger partial charge on any atom is -0.444 e. The van der Waals surface area contributed by atoms with Gasteiger partial charge in [-0.15, -0.1) is 0 Å². The molecule has 2 amide bonds. The molecule has 1 aromatic carbocycles. The fraction of sp³-hybridized carbons (Fsp3) is 0.636. The van der Waals surface area contributed by atoms with Gasteiger partial charge in [0.05, 0.1) is 5.69 Å². The highest BCUT2D eigenvalue weighted by Crippen LogP contribution is 2.31. The molecule has 1 heterocycles. The number of hydrogen-bond donors (Lipinski definition) is 0. The first-order valence-electron chi connectivity index (χ1n) is 10.4. The van der Waals surface area contributed by atoms with Gasteiger partial charge in [-0.2, -0.15) is 0 Å². The van der Waals surface area contributed by atoms with E-state index in [0.717, 1.165) is 19.3 Å². The zero-order valence-electron chi connectivity index (χ0n) is 17.9. The van der Waals surface area contributed by atoms with Gasteiger partial charge >= 0.3 is 6.09 Å². The predicted molar refractivity (Wildman–Crippen MR) is 110 cm³/mol. The summed E-state index contributed by atoms with van der Waals surface area (Å²) < 4.78 is 20.0. The fourth-order valence-corrected chi connectivity index (χ4v) is 3.70. The number of benzene rings is 1. The van der Waals surface area contributed by atoms with Crippen LogP contribution >= 0.6 is 0 Å². The summed E-state index contributed by atoms with van der Waals surface area (Å²) in [5.74, 6) is -0.461. The highest BCUT2D eigenvalue weighted by Gasteiger charge is 2.36. The second-order valence-corrected chi connectivity index (χ2v) is 9.09. The smallest absolute Gasteiger partial charge is 0.410 e. The van der Waals surface area contributed by atoms with E-state index in [4.69, 9.17) is 4.74 Å². The Hall–Kier alpha value is -2.15. The summed E-state index contributed by atoms with van der Waals surface area (Å²) >= 11 is 0. The molecule has 0 spiro atoms. The molecule has 1 saturated heterocycles. The highest BCUT2D eigenvalue weighted by atomic mass is 19.1. The monoisotopic (exact) mass is 405 g/mol. The number of piperazine rings is 1. The van der Waals surface area contributed by atoms with Crippen LogP contribution in [0.3, 0.4) is 0 Å². The number of rotatable bonds is 4. The summed E-state index contributed by atoms with van der Waals surface area (Å²) in [6, 6.07) is 6.31. The molecule has 2 fully saturated rings. The molecule has 1 aliphatic carbocycles. The van der Waals surface area contributed by atoms with E-state index in [1.165, 1.54) is 6.07 Å². The minimum atomic E-state index is -0.560. The van der Waals surface area contributed by atoms with Crippen LogP contribution in [0.2, 0.25) is 0 Å². The van der Waals surface area contributed by atoms with Gasteiger partial charge in [-0.05, 0) is 52.8 Å². The largest absolute Gasteiger partial charge is 0.444 e. The maximum absolute atomic E-state index is 14.5. The highest BCUT2D eigenvalue weighted by molar-refractivity contribution is 5.95. The van der Waals surface area contributed by atoms with E-state index in [0.29, 0.717) is 31.9 Å². The number of carbonyl (C=O) groups excluding carboxylic acids is 2. The normalized spacial score (nSPS) is 20.9. The van der Waals surface area contributed by atoms with Crippen LogP contribution < -0.4 is 4.90 Å². The molecule has 1 aliphatic heterocycles. The van der Waals surface area contributed by atoms with Crippen molar-refractivity contribution in [2.45, 2.75) is 51.7 Å². The molecule has 160 valence electrons. The van der Waals surface area contributed by atoms with Gasteiger partial charge in [-0.1, -0.05) is 18.6 Å². The molecule has 1 unspecified atom stereocenters. The topological polar surface area (TPSA) is 53.1 Å². The van der Waals surface area contributed by atoms with Crippen LogP contribution in [0.4, 0.5) is 14.9 Å². The van der Waals surface area contributed by atoms with E-state index in [-0.39, 0.29) is 24.0 Å². The maximum atomic E-state index is 14.5. The third-order valence-corrected chi connectivity index (χ3v) is 5.69. The van der Waals surface area contributed by atoms with Gasteiger partial charge in [0.15, 0.2) is 0 Å². The molecule has 0 aromatic heterocycles. The lowest BCUT2D eigenvalue weighted by Crippen LogP contribution is -2.58. The molecule has 2 aliphatic rings. The zero-order valence-corrected chi connectivity index (χ0v) is 17.9. The second-order valence-electron chi connectivity index (χ2n) is 9.09. The van der Waals surface area contributed by atoms with Crippen LogP contribution in [-0.2, 0) is 9.53 Å². The Morgan fingerprint density at radius 3 is 2.48 bits per heavy atom. The zero-order chi connectivity index (χ0) is 21.2. The predicted octanol–water partition coefficient (Wildman–Crippen LogP) is 3.51. The number of nitrogens with zero attached hydrogens (tertiary/aromatic N) is 3. The molecule has 1 saturated carbocycles. The summed E-state index contributed by atoms with van der Waals surface area (Å²) in [6.07, 6.45) is 2.40. The summed E-state index contributed by atoms with van der Waals surface area (Å²) in [6.45, 7) is 7.55. The van der Waals surface area contributed by atoms with Crippen LogP contribution in [0.5, 0.6) is 0 Å². The van der Waals surface area contributed by atoms with Crippen molar-refractivity contribution in [3.63, 3.8) is 0 Å². The first-order chi connectivity index (χ1) is 13.7. The average Bonchev–Trinajstić information content (AvgIpc) is 2.58. The lowest BCUT2D eigenvalue weighted by atomic mass is 9.84. The Bertz CT molecular complexity index is 745. The molecular weight excluding hydrogens is 373 g/mol. The third-order valence-electron chi connectivity index (χ3n) is 5.69. The Morgan fingerprint density at radius 1 is 1.21 bits per heavy atom. The second kappa shape index (κ2) is 8.69. The Balaban J connectivity index is 1.77. The summed E-state index contributed by atoms with van der Waals surface area (Å²) in [5, 5.41) is 0. The lowest BCUT2D eigenvalue weighted by Gasteiger charge is -2.42. The van der Waals surface area contributed by atoms with Gasteiger partial charge in [0, 0.05) is 38.1 Å². The van der Waals surface area contributed by atoms with Gasteiger partial charge in [-0.25, -0.2) is 9.18 Å². The van der Waals surface area contributed by atoms with E-state index in [2.05, 4.69) is 4.90 Å². The Kier molecular flexibility index (Phi) is 6.46. The first-order valence-corrected chi connectivity index (χ1v) is 10.4. The summed E-state index contributed by atoms with van der Waals surface area (Å²) in [7, 11) is 1.98. The molecule has 1 atom stereocenters. The molecule has 0 radical (unpaired) electrons. The minimum absolute atomic E-state index is 0.0239. The van der Waals surface area contributed by atoms with Gasteiger partial charge in [-0.3, -0.25) is 9.69 Å². The van der Waals surface area contributed by atoms with Gasteiger partial charge in [0.2, 0.25) is 5.91 Å². The first kappa shape index (κ1) is 21.6. The van der Waals surface area contributed by atoms with Gasteiger partial charge in [0.25, 0.3) is 0 Å². The van der Waals surface area contributed by atoms with Crippen LogP contribution in [-0.4, -0.2) is 66.7 Å². The molecule has 29 heavy (non-hydrogen) atoms. The molecule has 0 N–H and O–H groups in total. The molecule has 0 bridgehead atoms. The summed E-state index contributed by atoms with van der Waals surface area (Å²) in [4.78, 5) is 31.0. The van der Waals surface area contributed by atoms with E-state index >= 15 is 0 Å². The van der Waals surface area contributed by atoms with Crippen molar-refractivity contribution >= 4 is 17.7 Å². The van der Waals surface area contributed by atoms with Crippen molar-refractivity contribution in [3.05, 3.63) is 30.1 Å². The molecule has 6 nitrogen and oxygen atoms in total. The van der Waals surface area contributed by atoms with Crippen LogP contribution in [0, 0.1) is 11.7 Å². The van der Waals surface area contributed by atoms with Crippen molar-refractivity contribution in [1.29, 1.82) is 0 Å². The van der Waals surface area contributed by atoms with Crippen LogP contribution in [0.25, 0.3) is 0 Å². The molecule has 1 aromatic rings. The van der Waals surface area contributed by atoms with E-state index in [1.54, 1.807) is 28.0 Å². The average molecular weight is 406 g/mol. The van der Waals surface area contributed by atoms with E-state index < -0.39 is 11.4 Å². The van der Waals surface area contributed by atoms with E-state index in [1.807, 2.05) is 27.8 Å². The van der Waals surface area contributed by atoms with Crippen molar-refractivity contribution in [3.8, 4) is 0 Å². The molecular formula is C22H32FN3O3. The lowest BCUT2D eigenvalue weighted by molar-refractivity contribution is -0.125. The fourth-order valence-electron chi connectivity index (χ4n) is 3.70. The Labute approximate surface area is 172 Å². The molecule has 3 rings (SSSR count). The van der Waals surface area contributed by atoms with Crippen molar-refractivity contribution in [1.82, 2.24) is 9.80 Å². The number of ether oxygens (including phenoxy) is 1. The van der Waals surface area contributed by atoms with Crippen LogP contribution in [0.1, 0.15) is 40.0 Å². The molecule has 7 heteroatoms. The Morgan fingerprint density at radius 2 is 1.90 bits per heavy atom. The van der Waals surface area contributed by atoms with E-state index in [9.17, 15) is 14.0 Å². The SMILES string of the molecule is CN1CCN(C(=O)OC(C)(C)C)CC1CN(C(=O)C1CCC1)c1ccccc1F. The van der Waals surface area contributed by atoms with Crippen molar-refractivity contribution < 1.29 is 18.7 Å². The quantitative estimate of drug-likeness (QED) is 0.769. The van der Waals surface area contributed by atoms with Gasteiger partial charge < -0.3 is 14.5 Å². The number of carbonyl (C=O) groups is 2. The number of anilines is 1. The number of para-hydroxylation sites is 1. The van der Waals surface area contributed by atoms with Gasteiger partial charge in [0.1, 0.15) is 11.4 Å². The standard InChI is InChI=1S/C22H32FN3O3/c1-22(2,3)29-21(28)25-13-12-24(4)17(14-25)15-26(20(27)16-8-7-9-16)19-11-6-5-10-18(19)23/h5-6,10-11,16-17H,7-9,12-15H2,1-4H3. The maximum Gasteiger partial charge on any atom is 0.410 e. The number of amides is 2. The van der Waals surface area contributed by atoms with Crippen LogP contribution in [0.15, 0.2) is 24.3 Å². The summed E-state index contributed by atoms with van der Waals surface area (Å²) in [5.41, 5.74) is -0.248. The van der Waals surface area contributed by atoms with Crippen molar-refractivity contribution in [2.24, 2.45) is 5.92 Å². The number of halogens is 1. The number of likely N-dealkylation sites (N-methyl/N-ethyl adjacent to an activating group) is 1. The number of hydrogen-bond acceptors (Lipinski definition) is 4.